The van der Waals surface area contributed by atoms with Gasteiger partial charge in [-0.1, -0.05) is 17.7 Å². The van der Waals surface area contributed by atoms with Gasteiger partial charge in [-0.05, 0) is 69.3 Å². The Bertz CT molecular complexity index is 972. The van der Waals surface area contributed by atoms with Crippen LogP contribution in [-0.4, -0.2) is 27.9 Å². The lowest BCUT2D eigenvalue weighted by atomic mass is 10.2. The Balaban J connectivity index is 1.44. The smallest absolute Gasteiger partial charge is 0.234 e. The van der Waals surface area contributed by atoms with Crippen LogP contribution in [0.5, 0.6) is 0 Å². The van der Waals surface area contributed by atoms with Crippen molar-refractivity contribution < 1.29 is 9.59 Å². The van der Waals surface area contributed by atoms with Gasteiger partial charge in [-0.15, -0.1) is 11.8 Å². The molecule has 6 heteroatoms. The molecule has 0 saturated heterocycles. The molecule has 3 rings (SSSR count). The Hall–Kier alpha value is -2.99. The van der Waals surface area contributed by atoms with Crippen LogP contribution in [0.15, 0.2) is 60.7 Å². The second-order valence-electron chi connectivity index (χ2n) is 6.95. The summed E-state index contributed by atoms with van der Waals surface area (Å²) in [4.78, 5) is 24.1. The first-order valence-electron chi connectivity index (χ1n) is 9.42. The van der Waals surface area contributed by atoms with E-state index in [4.69, 9.17) is 0 Å². The van der Waals surface area contributed by atoms with Crippen molar-refractivity contribution in [3.8, 4) is 5.69 Å². The molecule has 0 aliphatic carbocycles. The van der Waals surface area contributed by atoms with Crippen LogP contribution in [0.4, 0.5) is 11.4 Å². The van der Waals surface area contributed by atoms with Crippen molar-refractivity contribution in [1.82, 2.24) is 4.57 Å². The third-order valence-electron chi connectivity index (χ3n) is 4.48. The Labute approximate surface area is 175 Å². The number of amides is 2. The number of nitrogens with one attached hydrogen (secondary N) is 2. The molecular weight excluding hydrogens is 382 g/mol. The van der Waals surface area contributed by atoms with E-state index >= 15 is 0 Å². The molecule has 3 aromatic rings. The van der Waals surface area contributed by atoms with Crippen molar-refractivity contribution >= 4 is 35.0 Å². The maximum Gasteiger partial charge on any atom is 0.234 e. The normalized spacial score (nSPS) is 10.6. The molecule has 2 amide bonds. The van der Waals surface area contributed by atoms with Gasteiger partial charge in [0.25, 0.3) is 0 Å². The number of hydrogen-bond acceptors (Lipinski definition) is 3. The highest BCUT2D eigenvalue weighted by Crippen LogP contribution is 2.19. The predicted octanol–water partition coefficient (Wildman–Crippen LogP) is 4.71. The fraction of sp³-hybridized carbons (Fsp3) is 0.217. The highest BCUT2D eigenvalue weighted by molar-refractivity contribution is 8.00. The van der Waals surface area contributed by atoms with Gasteiger partial charge in [0, 0.05) is 28.5 Å². The molecule has 5 nitrogen and oxygen atoms in total. The molecule has 0 aliphatic heterocycles. The van der Waals surface area contributed by atoms with Crippen molar-refractivity contribution in [3.63, 3.8) is 0 Å². The van der Waals surface area contributed by atoms with Crippen molar-refractivity contribution in [2.24, 2.45) is 0 Å². The summed E-state index contributed by atoms with van der Waals surface area (Å²) in [5.74, 6) is 0.207. The highest BCUT2D eigenvalue weighted by Gasteiger charge is 2.08. The van der Waals surface area contributed by atoms with Gasteiger partial charge in [0.05, 0.1) is 11.5 Å². The van der Waals surface area contributed by atoms with Crippen LogP contribution in [0.25, 0.3) is 5.69 Å². The van der Waals surface area contributed by atoms with Crippen molar-refractivity contribution in [2.45, 2.75) is 20.8 Å². The number of anilines is 2. The minimum absolute atomic E-state index is 0.117. The summed E-state index contributed by atoms with van der Waals surface area (Å²) in [6.45, 7) is 6.12. The molecule has 0 saturated carbocycles. The second kappa shape index (κ2) is 9.47. The number of thioether (sulfide) groups is 1. The van der Waals surface area contributed by atoms with E-state index in [2.05, 4.69) is 41.2 Å². The van der Waals surface area contributed by atoms with Gasteiger partial charge in [-0.2, -0.15) is 0 Å². The molecule has 2 aromatic carbocycles. The minimum Gasteiger partial charge on any atom is -0.325 e. The first-order valence-corrected chi connectivity index (χ1v) is 10.6. The predicted molar refractivity (Wildman–Crippen MR) is 121 cm³/mol. The van der Waals surface area contributed by atoms with E-state index in [1.807, 2.05) is 55.5 Å². The molecule has 29 heavy (non-hydrogen) atoms. The molecule has 150 valence electrons. The van der Waals surface area contributed by atoms with Gasteiger partial charge >= 0.3 is 0 Å². The summed E-state index contributed by atoms with van der Waals surface area (Å²) in [5.41, 5.74) is 6.04. The summed E-state index contributed by atoms with van der Waals surface area (Å²) >= 11 is 1.29. The maximum absolute atomic E-state index is 12.1. The summed E-state index contributed by atoms with van der Waals surface area (Å²) in [6, 6.07) is 19.5. The van der Waals surface area contributed by atoms with E-state index in [9.17, 15) is 9.59 Å². The standard InChI is InChI=1S/C23H25N3O2S/c1-16-4-8-19(9-5-16)24-22(27)14-29-15-23(28)25-20-10-12-21(13-11-20)26-17(2)6-7-18(26)3/h4-13H,14-15H2,1-3H3,(H,24,27)(H,25,28). The van der Waals surface area contributed by atoms with Crippen LogP contribution in [0.3, 0.4) is 0 Å². The van der Waals surface area contributed by atoms with Gasteiger partial charge in [0.15, 0.2) is 0 Å². The number of aromatic nitrogens is 1. The van der Waals surface area contributed by atoms with E-state index in [0.29, 0.717) is 0 Å². The molecule has 1 heterocycles. The van der Waals surface area contributed by atoms with Crippen LogP contribution < -0.4 is 10.6 Å². The minimum atomic E-state index is -0.126. The van der Waals surface area contributed by atoms with Crippen LogP contribution in [0, 0.1) is 20.8 Å². The fourth-order valence-corrected chi connectivity index (χ4v) is 3.65. The summed E-state index contributed by atoms with van der Waals surface area (Å²) in [7, 11) is 0. The van der Waals surface area contributed by atoms with Crippen molar-refractivity contribution in [2.75, 3.05) is 22.1 Å². The molecule has 0 radical (unpaired) electrons. The Morgan fingerprint density at radius 2 is 1.17 bits per heavy atom. The molecule has 0 spiro atoms. The lowest BCUT2D eigenvalue weighted by molar-refractivity contribution is -0.114. The molecule has 0 fully saturated rings. The molecule has 0 atom stereocenters. The zero-order valence-corrected chi connectivity index (χ0v) is 17.7. The molecule has 2 N–H and O–H groups in total. The molecule has 0 aliphatic rings. The summed E-state index contributed by atoms with van der Waals surface area (Å²) in [6.07, 6.45) is 0. The maximum atomic E-state index is 12.1. The number of rotatable bonds is 7. The van der Waals surface area contributed by atoms with Gasteiger partial charge in [-0.25, -0.2) is 0 Å². The molecule has 0 bridgehead atoms. The van der Waals surface area contributed by atoms with E-state index in [1.54, 1.807) is 0 Å². The highest BCUT2D eigenvalue weighted by atomic mass is 32.2. The molecule has 0 unspecified atom stereocenters. The van der Waals surface area contributed by atoms with Crippen LogP contribution in [0.1, 0.15) is 17.0 Å². The number of carbonyl (C=O) groups is 2. The second-order valence-corrected chi connectivity index (χ2v) is 7.94. The van der Waals surface area contributed by atoms with Crippen LogP contribution in [-0.2, 0) is 9.59 Å². The number of benzene rings is 2. The third kappa shape index (κ3) is 5.74. The van der Waals surface area contributed by atoms with Gasteiger partial charge < -0.3 is 15.2 Å². The third-order valence-corrected chi connectivity index (χ3v) is 5.41. The van der Waals surface area contributed by atoms with Crippen LogP contribution >= 0.6 is 11.8 Å². The van der Waals surface area contributed by atoms with E-state index in [1.165, 1.54) is 23.1 Å². The Morgan fingerprint density at radius 1 is 0.724 bits per heavy atom. The number of hydrogen-bond donors (Lipinski definition) is 2. The molecule has 1 aromatic heterocycles. The van der Waals surface area contributed by atoms with E-state index < -0.39 is 0 Å². The summed E-state index contributed by atoms with van der Waals surface area (Å²) < 4.78 is 2.16. The largest absolute Gasteiger partial charge is 0.325 e. The lowest BCUT2D eigenvalue weighted by Crippen LogP contribution is -2.18. The van der Waals surface area contributed by atoms with Crippen LogP contribution in [0.2, 0.25) is 0 Å². The van der Waals surface area contributed by atoms with Gasteiger partial charge in [0.1, 0.15) is 0 Å². The van der Waals surface area contributed by atoms with Crippen molar-refractivity contribution in [1.29, 1.82) is 0 Å². The topological polar surface area (TPSA) is 63.1 Å². The van der Waals surface area contributed by atoms with Gasteiger partial charge in [0.2, 0.25) is 11.8 Å². The zero-order valence-electron chi connectivity index (χ0n) is 16.9. The number of carbonyl (C=O) groups excluding carboxylic acids is 2. The van der Waals surface area contributed by atoms with E-state index in [-0.39, 0.29) is 23.3 Å². The first-order chi connectivity index (χ1) is 13.9. The SMILES string of the molecule is Cc1ccc(NC(=O)CSCC(=O)Nc2ccc(-n3c(C)ccc3C)cc2)cc1. The average molecular weight is 408 g/mol. The Kier molecular flexibility index (Phi) is 6.77. The fourth-order valence-electron chi connectivity index (χ4n) is 3.04. The average Bonchev–Trinajstić information content (AvgIpc) is 3.03. The summed E-state index contributed by atoms with van der Waals surface area (Å²) in [5, 5.41) is 5.70. The molecular formula is C23H25N3O2S. The monoisotopic (exact) mass is 407 g/mol. The Morgan fingerprint density at radius 3 is 1.66 bits per heavy atom. The lowest BCUT2D eigenvalue weighted by Gasteiger charge is -2.11. The number of nitrogens with zero attached hydrogens (tertiary/aromatic N) is 1. The quantitative estimate of drug-likeness (QED) is 0.596. The van der Waals surface area contributed by atoms with Gasteiger partial charge in [-0.3, -0.25) is 9.59 Å². The first kappa shape index (κ1) is 20.7. The van der Waals surface area contributed by atoms with E-state index in [0.717, 1.165) is 22.6 Å². The van der Waals surface area contributed by atoms with Crippen molar-refractivity contribution in [3.05, 3.63) is 77.6 Å². The zero-order chi connectivity index (χ0) is 20.8. The number of aryl methyl sites for hydroxylation is 3.